The molecule has 1 atom stereocenters. The van der Waals surface area contributed by atoms with Crippen molar-refractivity contribution >= 4 is 23.1 Å². The van der Waals surface area contributed by atoms with Gasteiger partial charge in [-0.2, -0.15) is 0 Å². The molecule has 1 saturated heterocycles. The molecule has 0 aliphatic carbocycles. The fourth-order valence-electron chi connectivity index (χ4n) is 2.92. The zero-order chi connectivity index (χ0) is 16.8. The number of rotatable bonds is 6. The van der Waals surface area contributed by atoms with Crippen molar-refractivity contribution in [1.82, 2.24) is 10.6 Å². The zero-order valence-electron chi connectivity index (χ0n) is 13.8. The fourth-order valence-corrected chi connectivity index (χ4v) is 3.57. The molecule has 128 valence electrons. The first-order valence-corrected chi connectivity index (χ1v) is 9.05. The van der Waals surface area contributed by atoms with Crippen molar-refractivity contribution in [3.8, 4) is 5.75 Å². The Morgan fingerprint density at radius 1 is 1.33 bits per heavy atom. The zero-order valence-corrected chi connectivity index (χ0v) is 14.6. The second kappa shape index (κ2) is 8.06. The minimum atomic E-state index is -0.0942. The maximum Gasteiger partial charge on any atom is 0.315 e. The van der Waals surface area contributed by atoms with Crippen LogP contribution in [0.4, 0.5) is 10.5 Å². The Labute approximate surface area is 146 Å². The van der Waals surface area contributed by atoms with Gasteiger partial charge in [0.1, 0.15) is 5.75 Å². The van der Waals surface area contributed by atoms with Gasteiger partial charge in [0.25, 0.3) is 0 Å². The molecule has 2 amide bonds. The summed E-state index contributed by atoms with van der Waals surface area (Å²) in [6.45, 7) is 3.26. The van der Waals surface area contributed by atoms with Gasteiger partial charge < -0.3 is 20.3 Å². The number of anilines is 1. The lowest BCUT2D eigenvalue weighted by molar-refractivity contribution is 0.239. The van der Waals surface area contributed by atoms with Gasteiger partial charge in [0.2, 0.25) is 0 Å². The first-order valence-electron chi connectivity index (χ1n) is 8.17. The van der Waals surface area contributed by atoms with E-state index >= 15 is 0 Å². The van der Waals surface area contributed by atoms with Crippen LogP contribution in [0.5, 0.6) is 5.75 Å². The number of nitrogens with one attached hydrogen (secondary N) is 2. The third kappa shape index (κ3) is 4.41. The number of carbonyl (C=O) groups excluding carboxylic acids is 1. The van der Waals surface area contributed by atoms with Crippen LogP contribution in [0.1, 0.15) is 11.3 Å². The van der Waals surface area contributed by atoms with Gasteiger partial charge >= 0.3 is 6.03 Å². The summed E-state index contributed by atoms with van der Waals surface area (Å²) in [7, 11) is 1.69. The number of carbonyl (C=O) groups is 1. The molecule has 0 radical (unpaired) electrons. The fraction of sp³-hybridized carbons (Fsp3) is 0.389. The van der Waals surface area contributed by atoms with Crippen molar-refractivity contribution in [1.29, 1.82) is 0 Å². The van der Waals surface area contributed by atoms with E-state index in [1.807, 2.05) is 29.6 Å². The van der Waals surface area contributed by atoms with Crippen LogP contribution >= 0.6 is 11.3 Å². The van der Waals surface area contributed by atoms with Crippen molar-refractivity contribution < 1.29 is 9.53 Å². The molecule has 0 spiro atoms. The molecule has 1 aromatic carbocycles. The number of amides is 2. The summed E-state index contributed by atoms with van der Waals surface area (Å²) in [6.07, 6.45) is 1.09. The summed E-state index contributed by atoms with van der Waals surface area (Å²) in [5.41, 5.74) is 1.18. The van der Waals surface area contributed by atoms with Gasteiger partial charge in [0.15, 0.2) is 0 Å². The molecule has 1 aromatic heterocycles. The number of urea groups is 1. The van der Waals surface area contributed by atoms with Crippen molar-refractivity contribution in [3.05, 3.63) is 46.7 Å². The van der Waals surface area contributed by atoms with E-state index in [1.54, 1.807) is 18.4 Å². The predicted molar refractivity (Wildman–Crippen MR) is 97.9 cm³/mol. The van der Waals surface area contributed by atoms with Gasteiger partial charge in [-0.05, 0) is 35.9 Å². The molecule has 0 bridgehead atoms. The van der Waals surface area contributed by atoms with E-state index in [0.29, 0.717) is 19.0 Å². The molecule has 6 heteroatoms. The molecule has 3 rings (SSSR count). The average molecular weight is 345 g/mol. The first kappa shape index (κ1) is 16.6. The molecule has 2 heterocycles. The Balaban J connectivity index is 1.41. The number of benzene rings is 1. The number of hydrogen-bond acceptors (Lipinski definition) is 4. The topological polar surface area (TPSA) is 53.6 Å². The predicted octanol–water partition coefficient (Wildman–Crippen LogP) is 3.08. The molecule has 2 aromatic rings. The van der Waals surface area contributed by atoms with Gasteiger partial charge in [-0.15, -0.1) is 11.3 Å². The van der Waals surface area contributed by atoms with Crippen LogP contribution in [0.15, 0.2) is 41.8 Å². The minimum Gasteiger partial charge on any atom is -0.497 e. The normalized spacial score (nSPS) is 16.9. The molecular formula is C18H23N3O2S. The first-order chi connectivity index (χ1) is 11.7. The lowest BCUT2D eigenvalue weighted by Crippen LogP contribution is -2.38. The van der Waals surface area contributed by atoms with E-state index < -0.39 is 0 Å². The van der Waals surface area contributed by atoms with E-state index in [1.165, 1.54) is 5.69 Å². The van der Waals surface area contributed by atoms with E-state index in [9.17, 15) is 4.79 Å². The van der Waals surface area contributed by atoms with Gasteiger partial charge in [-0.3, -0.25) is 0 Å². The molecule has 1 aliphatic rings. The van der Waals surface area contributed by atoms with Crippen molar-refractivity contribution in [2.45, 2.75) is 13.0 Å². The standard InChI is InChI=1S/C18H23N3O2S/c1-23-16-5-2-4-15(10-16)21-8-7-14(13-21)11-19-18(22)20-12-17-6-3-9-24-17/h2-6,9-10,14H,7-8,11-13H2,1H3,(H2,19,20,22). The van der Waals surface area contributed by atoms with Crippen LogP contribution in [-0.4, -0.2) is 32.8 Å². The lowest BCUT2D eigenvalue weighted by atomic mass is 10.1. The highest BCUT2D eigenvalue weighted by Crippen LogP contribution is 2.26. The smallest absolute Gasteiger partial charge is 0.315 e. The maximum absolute atomic E-state index is 11.9. The van der Waals surface area contributed by atoms with Gasteiger partial charge in [-0.1, -0.05) is 12.1 Å². The summed E-state index contributed by atoms with van der Waals surface area (Å²) < 4.78 is 5.29. The molecule has 1 fully saturated rings. The van der Waals surface area contributed by atoms with Crippen LogP contribution in [0, 0.1) is 5.92 Å². The molecular weight excluding hydrogens is 322 g/mol. The summed E-state index contributed by atoms with van der Waals surface area (Å²) >= 11 is 1.65. The Hall–Kier alpha value is -2.21. The highest BCUT2D eigenvalue weighted by Gasteiger charge is 2.23. The van der Waals surface area contributed by atoms with Gasteiger partial charge in [-0.25, -0.2) is 4.79 Å². The Morgan fingerprint density at radius 3 is 3.04 bits per heavy atom. The van der Waals surface area contributed by atoms with Crippen LogP contribution in [0.25, 0.3) is 0 Å². The molecule has 2 N–H and O–H groups in total. The monoisotopic (exact) mass is 345 g/mol. The molecule has 5 nitrogen and oxygen atoms in total. The summed E-state index contributed by atoms with van der Waals surface area (Å²) in [5.74, 6) is 1.35. The lowest BCUT2D eigenvalue weighted by Gasteiger charge is -2.19. The maximum atomic E-state index is 11.9. The van der Waals surface area contributed by atoms with Crippen molar-refractivity contribution in [3.63, 3.8) is 0 Å². The molecule has 1 unspecified atom stereocenters. The quantitative estimate of drug-likeness (QED) is 0.846. The number of nitrogens with zero attached hydrogens (tertiary/aromatic N) is 1. The molecule has 24 heavy (non-hydrogen) atoms. The third-order valence-corrected chi connectivity index (χ3v) is 5.14. The van der Waals surface area contributed by atoms with E-state index in [-0.39, 0.29) is 6.03 Å². The number of hydrogen-bond donors (Lipinski definition) is 2. The van der Waals surface area contributed by atoms with Crippen molar-refractivity contribution in [2.24, 2.45) is 5.92 Å². The minimum absolute atomic E-state index is 0.0942. The number of methoxy groups -OCH3 is 1. The third-order valence-electron chi connectivity index (χ3n) is 4.26. The summed E-state index contributed by atoms with van der Waals surface area (Å²) in [6, 6.07) is 12.0. The van der Waals surface area contributed by atoms with E-state index in [0.717, 1.165) is 30.1 Å². The largest absolute Gasteiger partial charge is 0.497 e. The highest BCUT2D eigenvalue weighted by atomic mass is 32.1. The van der Waals surface area contributed by atoms with Crippen LogP contribution in [0.2, 0.25) is 0 Å². The van der Waals surface area contributed by atoms with Gasteiger partial charge in [0, 0.05) is 36.3 Å². The van der Waals surface area contributed by atoms with Crippen molar-refractivity contribution in [2.75, 3.05) is 31.6 Å². The Kier molecular flexibility index (Phi) is 5.59. The second-order valence-electron chi connectivity index (χ2n) is 5.95. The van der Waals surface area contributed by atoms with Crippen LogP contribution in [-0.2, 0) is 6.54 Å². The number of thiophene rings is 1. The second-order valence-corrected chi connectivity index (χ2v) is 6.98. The SMILES string of the molecule is COc1cccc(N2CCC(CNC(=O)NCc3cccs3)C2)c1. The van der Waals surface area contributed by atoms with Crippen LogP contribution in [0.3, 0.4) is 0 Å². The molecule has 1 aliphatic heterocycles. The summed E-state index contributed by atoms with van der Waals surface area (Å²) in [5, 5.41) is 7.90. The highest BCUT2D eigenvalue weighted by molar-refractivity contribution is 7.09. The molecule has 0 saturated carbocycles. The van der Waals surface area contributed by atoms with E-state index in [4.69, 9.17) is 4.74 Å². The number of ether oxygens (including phenoxy) is 1. The van der Waals surface area contributed by atoms with E-state index in [2.05, 4.69) is 27.7 Å². The Morgan fingerprint density at radius 2 is 2.25 bits per heavy atom. The Bertz CT molecular complexity index is 660. The van der Waals surface area contributed by atoms with Gasteiger partial charge in [0.05, 0.1) is 13.7 Å². The average Bonchev–Trinajstić information content (AvgIpc) is 3.30. The summed E-state index contributed by atoms with van der Waals surface area (Å²) in [4.78, 5) is 15.4. The van der Waals surface area contributed by atoms with Crippen LogP contribution < -0.4 is 20.3 Å².